The van der Waals surface area contributed by atoms with Crippen molar-refractivity contribution >= 4 is 33.4 Å². The molecule has 0 spiro atoms. The summed E-state index contributed by atoms with van der Waals surface area (Å²) in [5, 5.41) is 2.79. The molecule has 2 aliphatic rings. The molecule has 2 heterocycles. The van der Waals surface area contributed by atoms with E-state index in [-0.39, 0.29) is 41.2 Å². The Morgan fingerprint density at radius 3 is 2.08 bits per heavy atom. The smallest absolute Gasteiger partial charge is 0.261 e. The van der Waals surface area contributed by atoms with Crippen molar-refractivity contribution in [1.82, 2.24) is 9.21 Å². The van der Waals surface area contributed by atoms with Gasteiger partial charge in [-0.05, 0) is 63.1 Å². The van der Waals surface area contributed by atoms with Crippen LogP contribution in [-0.2, 0) is 19.6 Å². The Morgan fingerprint density at radius 2 is 1.50 bits per heavy atom. The molecule has 1 N–H and O–H groups in total. The van der Waals surface area contributed by atoms with Gasteiger partial charge in [-0.2, -0.15) is 4.31 Å². The van der Waals surface area contributed by atoms with E-state index in [1.807, 2.05) is 13.8 Å². The summed E-state index contributed by atoms with van der Waals surface area (Å²) < 4.78 is 33.0. The number of benzene rings is 2. The van der Waals surface area contributed by atoms with Gasteiger partial charge in [0.15, 0.2) is 0 Å². The summed E-state index contributed by atoms with van der Waals surface area (Å²) in [5.41, 5.74) is 1.40. The zero-order chi connectivity index (χ0) is 25.9. The van der Waals surface area contributed by atoms with Crippen LogP contribution in [0, 0.1) is 0 Å². The summed E-state index contributed by atoms with van der Waals surface area (Å²) in [7, 11) is -3.64. The number of anilines is 1. The molecule has 3 amide bonds. The van der Waals surface area contributed by atoms with E-state index in [0.717, 1.165) is 0 Å². The third kappa shape index (κ3) is 5.66. The van der Waals surface area contributed by atoms with E-state index in [1.165, 1.54) is 21.3 Å². The first kappa shape index (κ1) is 26.0. The molecule has 0 unspecified atom stereocenters. The number of morpholine rings is 1. The third-order valence-electron chi connectivity index (χ3n) is 6.33. The third-order valence-corrected chi connectivity index (χ3v) is 8.17. The normalized spacial score (nSPS) is 20.4. The van der Waals surface area contributed by atoms with Crippen LogP contribution in [0.5, 0.6) is 0 Å². The number of carbonyl (C=O) groups is 3. The Bertz CT molecular complexity index is 1200. The number of amides is 3. The number of sulfonamides is 1. The first-order chi connectivity index (χ1) is 17.2. The van der Waals surface area contributed by atoms with Gasteiger partial charge in [-0.1, -0.05) is 18.6 Å². The van der Waals surface area contributed by atoms with Crippen molar-refractivity contribution in [2.45, 2.75) is 56.6 Å². The molecule has 0 bridgehead atoms. The Labute approximate surface area is 211 Å². The second-order valence-electron chi connectivity index (χ2n) is 9.27. The van der Waals surface area contributed by atoms with Gasteiger partial charge in [0.1, 0.15) is 0 Å². The molecule has 2 aromatic rings. The van der Waals surface area contributed by atoms with E-state index >= 15 is 0 Å². The molecule has 0 saturated carbocycles. The molecular weight excluding hydrogens is 482 g/mol. The maximum Gasteiger partial charge on any atom is 0.261 e. The van der Waals surface area contributed by atoms with Crippen LogP contribution in [0.2, 0.25) is 0 Å². The summed E-state index contributed by atoms with van der Waals surface area (Å²) in [6.45, 7) is 4.63. The minimum Gasteiger partial charge on any atom is -0.373 e. The summed E-state index contributed by atoms with van der Waals surface area (Å²) >= 11 is 0. The monoisotopic (exact) mass is 513 g/mol. The highest BCUT2D eigenvalue weighted by molar-refractivity contribution is 7.89. The number of nitrogens with one attached hydrogen (secondary N) is 1. The van der Waals surface area contributed by atoms with E-state index in [4.69, 9.17) is 4.74 Å². The summed E-state index contributed by atoms with van der Waals surface area (Å²) in [5.74, 6) is -0.713. The number of carbonyl (C=O) groups excluding carboxylic acids is 3. The fraction of sp³-hybridized carbons (Fsp3) is 0.423. The van der Waals surface area contributed by atoms with Gasteiger partial charge in [0.2, 0.25) is 15.9 Å². The van der Waals surface area contributed by atoms with E-state index in [2.05, 4.69) is 5.32 Å². The number of unbranched alkanes of at least 4 members (excludes halogenated alkanes) is 2. The summed E-state index contributed by atoms with van der Waals surface area (Å²) in [6, 6.07) is 13.0. The van der Waals surface area contributed by atoms with Gasteiger partial charge in [0.25, 0.3) is 11.8 Å². The topological polar surface area (TPSA) is 113 Å². The Hall–Kier alpha value is -3.08. The van der Waals surface area contributed by atoms with Crippen LogP contribution in [0.1, 0.15) is 60.2 Å². The van der Waals surface area contributed by atoms with Crippen LogP contribution in [0.4, 0.5) is 5.69 Å². The van der Waals surface area contributed by atoms with Crippen LogP contribution >= 0.6 is 0 Å². The van der Waals surface area contributed by atoms with Gasteiger partial charge in [-0.15, -0.1) is 0 Å². The molecule has 4 rings (SSSR count). The first-order valence-corrected chi connectivity index (χ1v) is 13.6. The molecule has 2 aromatic carbocycles. The number of ether oxygens (including phenoxy) is 1. The van der Waals surface area contributed by atoms with E-state index in [1.54, 1.807) is 36.4 Å². The lowest BCUT2D eigenvalue weighted by molar-refractivity contribution is -0.116. The van der Waals surface area contributed by atoms with Crippen LogP contribution in [0.15, 0.2) is 53.4 Å². The quantitative estimate of drug-likeness (QED) is 0.407. The van der Waals surface area contributed by atoms with Crippen LogP contribution in [0.25, 0.3) is 0 Å². The second kappa shape index (κ2) is 10.9. The average Bonchev–Trinajstić information content (AvgIpc) is 3.08. The highest BCUT2D eigenvalue weighted by Gasteiger charge is 2.34. The summed E-state index contributed by atoms with van der Waals surface area (Å²) in [4.78, 5) is 38.5. The average molecular weight is 514 g/mol. The first-order valence-electron chi connectivity index (χ1n) is 12.2. The Morgan fingerprint density at radius 1 is 0.917 bits per heavy atom. The maximum atomic E-state index is 13.0. The number of hydrogen-bond acceptors (Lipinski definition) is 6. The van der Waals surface area contributed by atoms with Crippen LogP contribution in [0.3, 0.4) is 0 Å². The van der Waals surface area contributed by atoms with Gasteiger partial charge in [0.05, 0.1) is 28.2 Å². The van der Waals surface area contributed by atoms with Gasteiger partial charge in [0, 0.05) is 31.7 Å². The van der Waals surface area contributed by atoms with Crippen LogP contribution < -0.4 is 5.32 Å². The lowest BCUT2D eigenvalue weighted by atomic mass is 10.1. The number of rotatable bonds is 9. The SMILES string of the molecule is C[C@H]1CN(S(=O)(=O)c2ccc(NC(=O)CCCCCN3C(=O)c4ccccc4C3=O)cc2)C[C@H](C)O1. The van der Waals surface area contributed by atoms with Crippen molar-refractivity contribution in [3.63, 3.8) is 0 Å². The molecule has 0 radical (unpaired) electrons. The van der Waals surface area contributed by atoms with Gasteiger partial charge < -0.3 is 10.1 Å². The van der Waals surface area contributed by atoms with Crippen molar-refractivity contribution in [3.05, 3.63) is 59.7 Å². The zero-order valence-electron chi connectivity index (χ0n) is 20.5. The van der Waals surface area contributed by atoms with Crippen molar-refractivity contribution in [2.24, 2.45) is 0 Å². The molecule has 36 heavy (non-hydrogen) atoms. The van der Waals surface area contributed by atoms with Crippen molar-refractivity contribution in [2.75, 3.05) is 25.0 Å². The standard InChI is InChI=1S/C26H31N3O6S/c1-18-16-28(17-19(2)35-18)36(33,34)21-13-11-20(12-14-21)27-24(30)10-4-3-7-15-29-25(31)22-8-5-6-9-23(22)26(29)32/h5-6,8-9,11-14,18-19H,3-4,7,10,15-17H2,1-2H3,(H,27,30)/t18-,19-/m0/s1. The maximum absolute atomic E-state index is 13.0. The highest BCUT2D eigenvalue weighted by Crippen LogP contribution is 2.24. The summed E-state index contributed by atoms with van der Waals surface area (Å²) in [6.07, 6.45) is 1.85. The van der Waals surface area contributed by atoms with E-state index in [0.29, 0.717) is 55.7 Å². The largest absolute Gasteiger partial charge is 0.373 e. The minimum atomic E-state index is -3.64. The molecule has 1 saturated heterocycles. The number of fused-ring (bicyclic) bond motifs is 1. The number of imide groups is 1. The molecule has 2 atom stereocenters. The minimum absolute atomic E-state index is 0.172. The molecule has 2 aliphatic heterocycles. The van der Waals surface area contributed by atoms with E-state index < -0.39 is 10.0 Å². The van der Waals surface area contributed by atoms with Crippen LogP contribution in [-0.4, -0.2) is 67.2 Å². The predicted octanol–water partition coefficient (Wildman–Crippen LogP) is 3.28. The molecule has 0 aliphatic carbocycles. The van der Waals surface area contributed by atoms with Crippen molar-refractivity contribution in [1.29, 1.82) is 0 Å². The lowest BCUT2D eigenvalue weighted by Crippen LogP contribution is -2.48. The van der Waals surface area contributed by atoms with Gasteiger partial charge in [-0.25, -0.2) is 8.42 Å². The molecule has 0 aromatic heterocycles. The van der Waals surface area contributed by atoms with Gasteiger partial charge in [-0.3, -0.25) is 19.3 Å². The fourth-order valence-corrected chi connectivity index (χ4v) is 6.17. The van der Waals surface area contributed by atoms with Crippen molar-refractivity contribution in [3.8, 4) is 0 Å². The molecule has 10 heteroatoms. The van der Waals surface area contributed by atoms with E-state index in [9.17, 15) is 22.8 Å². The number of nitrogens with zero attached hydrogens (tertiary/aromatic N) is 2. The molecule has 192 valence electrons. The number of hydrogen-bond donors (Lipinski definition) is 1. The molecule has 1 fully saturated rings. The zero-order valence-corrected chi connectivity index (χ0v) is 21.3. The molecule has 9 nitrogen and oxygen atoms in total. The predicted molar refractivity (Wildman–Crippen MR) is 134 cm³/mol. The highest BCUT2D eigenvalue weighted by atomic mass is 32.2. The Balaban J connectivity index is 1.21. The van der Waals surface area contributed by atoms with Gasteiger partial charge >= 0.3 is 0 Å². The fourth-order valence-electron chi connectivity index (χ4n) is 4.58. The van der Waals surface area contributed by atoms with Crippen molar-refractivity contribution < 1.29 is 27.5 Å². The molecular formula is C26H31N3O6S. The lowest BCUT2D eigenvalue weighted by Gasteiger charge is -2.34. The Kier molecular flexibility index (Phi) is 7.87. The second-order valence-corrected chi connectivity index (χ2v) is 11.2.